The zero-order valence-corrected chi connectivity index (χ0v) is 19.8. The van der Waals surface area contributed by atoms with Crippen LogP contribution in [0.1, 0.15) is 18.4 Å². The molecule has 5 aromatic heterocycles. The van der Waals surface area contributed by atoms with Crippen molar-refractivity contribution in [1.29, 1.82) is 0 Å². The summed E-state index contributed by atoms with van der Waals surface area (Å²) >= 11 is 0. The Hall–Kier alpha value is -4.36. The summed E-state index contributed by atoms with van der Waals surface area (Å²) in [6.45, 7) is 3.31. The third-order valence-electron chi connectivity index (χ3n) is 7.02. The summed E-state index contributed by atoms with van der Waals surface area (Å²) in [5.74, 6) is 0. The van der Waals surface area contributed by atoms with Gasteiger partial charge >= 0.3 is 0 Å². The highest BCUT2D eigenvalue weighted by Crippen LogP contribution is 2.34. The van der Waals surface area contributed by atoms with Crippen LogP contribution >= 0.6 is 0 Å². The van der Waals surface area contributed by atoms with Crippen LogP contribution in [0.25, 0.3) is 55.7 Å². The molecular formula is C29H25N7. The molecule has 36 heavy (non-hydrogen) atoms. The van der Waals surface area contributed by atoms with Gasteiger partial charge in [-0.2, -0.15) is 5.10 Å². The monoisotopic (exact) mass is 471 g/mol. The van der Waals surface area contributed by atoms with E-state index in [0.717, 1.165) is 62.3 Å². The predicted octanol–water partition coefficient (Wildman–Crippen LogP) is 5.83. The number of aromatic nitrogens is 6. The normalized spacial score (nSPS) is 14.2. The van der Waals surface area contributed by atoms with Gasteiger partial charge in [0.1, 0.15) is 11.3 Å². The summed E-state index contributed by atoms with van der Waals surface area (Å²) < 4.78 is 0. The van der Waals surface area contributed by atoms with Crippen molar-refractivity contribution in [3.63, 3.8) is 0 Å². The Balaban J connectivity index is 1.28. The van der Waals surface area contributed by atoms with Crippen molar-refractivity contribution in [3.8, 4) is 33.8 Å². The fourth-order valence-electron chi connectivity index (χ4n) is 5.23. The molecule has 0 spiro atoms. The molecule has 1 fully saturated rings. The molecule has 176 valence electrons. The molecule has 0 unspecified atom stereocenters. The number of rotatable bonds is 5. The molecule has 7 nitrogen and oxygen atoms in total. The lowest BCUT2D eigenvalue weighted by Gasteiger charge is -2.14. The summed E-state index contributed by atoms with van der Waals surface area (Å²) in [4.78, 5) is 19.6. The van der Waals surface area contributed by atoms with Crippen LogP contribution in [0, 0.1) is 0 Å². The molecule has 0 atom stereocenters. The third-order valence-corrected chi connectivity index (χ3v) is 7.02. The van der Waals surface area contributed by atoms with Crippen LogP contribution in [-0.4, -0.2) is 48.1 Å². The van der Waals surface area contributed by atoms with Gasteiger partial charge in [-0.25, -0.2) is 4.98 Å². The first-order valence-electron chi connectivity index (χ1n) is 12.4. The number of fused-ring (bicyclic) bond motifs is 2. The molecule has 0 aliphatic carbocycles. The van der Waals surface area contributed by atoms with Gasteiger partial charge in [-0.15, -0.1) is 0 Å². The number of hydrogen-bond acceptors (Lipinski definition) is 5. The minimum Gasteiger partial charge on any atom is -0.338 e. The van der Waals surface area contributed by atoms with Crippen molar-refractivity contribution in [2.75, 3.05) is 13.1 Å². The van der Waals surface area contributed by atoms with Crippen LogP contribution in [0.5, 0.6) is 0 Å². The summed E-state index contributed by atoms with van der Waals surface area (Å²) in [6.07, 6.45) is 10.1. The van der Waals surface area contributed by atoms with E-state index in [9.17, 15) is 0 Å². The first kappa shape index (κ1) is 21.0. The molecule has 1 saturated heterocycles. The topological polar surface area (TPSA) is 86.4 Å². The number of likely N-dealkylation sites (tertiary alicyclic amines) is 1. The SMILES string of the molecule is c1ccc(-c2ccnc3[nH]c(-c4n[nH]c5ccc(-c6cncc(CN7CCCC7)c6)cc45)cc23)nc1. The second-order valence-corrected chi connectivity index (χ2v) is 9.42. The maximum absolute atomic E-state index is 4.66. The average molecular weight is 472 g/mol. The van der Waals surface area contributed by atoms with Crippen molar-refractivity contribution < 1.29 is 0 Å². The van der Waals surface area contributed by atoms with Crippen LogP contribution in [0.15, 0.2) is 79.4 Å². The minimum absolute atomic E-state index is 0.819. The molecule has 1 aliphatic heterocycles. The van der Waals surface area contributed by atoms with Crippen LogP contribution in [0.3, 0.4) is 0 Å². The quantitative estimate of drug-likeness (QED) is 0.331. The first-order valence-corrected chi connectivity index (χ1v) is 12.4. The van der Waals surface area contributed by atoms with Gasteiger partial charge in [-0.1, -0.05) is 12.1 Å². The molecule has 0 bridgehead atoms. The molecule has 0 radical (unpaired) electrons. The molecule has 0 saturated carbocycles. The van der Waals surface area contributed by atoms with Crippen molar-refractivity contribution >= 4 is 21.9 Å². The lowest BCUT2D eigenvalue weighted by Crippen LogP contribution is -2.18. The van der Waals surface area contributed by atoms with Crippen LogP contribution in [-0.2, 0) is 6.54 Å². The number of pyridine rings is 3. The molecule has 1 aliphatic rings. The van der Waals surface area contributed by atoms with E-state index < -0.39 is 0 Å². The number of H-pyrrole nitrogens is 2. The summed E-state index contributed by atoms with van der Waals surface area (Å²) in [5.41, 5.74) is 9.08. The van der Waals surface area contributed by atoms with Gasteiger partial charge in [0, 0.05) is 53.2 Å². The molecule has 0 amide bonds. The predicted molar refractivity (Wildman–Crippen MR) is 142 cm³/mol. The van der Waals surface area contributed by atoms with Crippen molar-refractivity contribution in [2.45, 2.75) is 19.4 Å². The lowest BCUT2D eigenvalue weighted by molar-refractivity contribution is 0.331. The second kappa shape index (κ2) is 8.70. The number of nitrogens with one attached hydrogen (secondary N) is 2. The number of nitrogens with zero attached hydrogens (tertiary/aromatic N) is 5. The number of hydrogen-bond donors (Lipinski definition) is 2. The van der Waals surface area contributed by atoms with E-state index in [0.29, 0.717) is 0 Å². The molecule has 6 aromatic rings. The Bertz CT molecular complexity index is 1680. The molecule has 6 heterocycles. The summed E-state index contributed by atoms with van der Waals surface area (Å²) in [5, 5.41) is 9.94. The van der Waals surface area contributed by atoms with E-state index in [-0.39, 0.29) is 0 Å². The van der Waals surface area contributed by atoms with E-state index >= 15 is 0 Å². The van der Waals surface area contributed by atoms with Crippen LogP contribution in [0.4, 0.5) is 0 Å². The van der Waals surface area contributed by atoms with Crippen molar-refractivity contribution in [3.05, 3.63) is 84.9 Å². The highest BCUT2D eigenvalue weighted by Gasteiger charge is 2.16. The Morgan fingerprint density at radius 2 is 1.78 bits per heavy atom. The molecule has 1 aromatic carbocycles. The zero-order chi connectivity index (χ0) is 23.9. The molecule has 7 rings (SSSR count). The lowest BCUT2D eigenvalue weighted by atomic mass is 10.0. The van der Waals surface area contributed by atoms with Gasteiger partial charge in [0.05, 0.1) is 16.9 Å². The summed E-state index contributed by atoms with van der Waals surface area (Å²) in [6, 6.07) is 18.8. The second-order valence-electron chi connectivity index (χ2n) is 9.42. The van der Waals surface area contributed by atoms with Gasteiger partial charge < -0.3 is 4.98 Å². The van der Waals surface area contributed by atoms with Crippen molar-refractivity contribution in [1.82, 2.24) is 35.0 Å². The number of aromatic amines is 2. The van der Waals surface area contributed by atoms with E-state index in [1.54, 1.807) is 0 Å². The van der Waals surface area contributed by atoms with E-state index in [4.69, 9.17) is 0 Å². The fraction of sp³-hybridized carbons (Fsp3) is 0.172. The van der Waals surface area contributed by atoms with Gasteiger partial charge in [0.2, 0.25) is 0 Å². The van der Waals surface area contributed by atoms with Crippen LogP contribution in [0.2, 0.25) is 0 Å². The van der Waals surface area contributed by atoms with E-state index in [1.165, 1.54) is 31.5 Å². The van der Waals surface area contributed by atoms with Crippen LogP contribution < -0.4 is 0 Å². The Labute approximate surface area is 208 Å². The first-order chi connectivity index (χ1) is 17.8. The van der Waals surface area contributed by atoms with Gasteiger partial charge in [0.25, 0.3) is 0 Å². The fourth-order valence-corrected chi connectivity index (χ4v) is 5.23. The minimum atomic E-state index is 0.819. The highest BCUT2D eigenvalue weighted by molar-refractivity contribution is 6.00. The Morgan fingerprint density at radius 3 is 2.67 bits per heavy atom. The maximum Gasteiger partial charge on any atom is 0.138 e. The average Bonchev–Trinajstić information content (AvgIpc) is 3.68. The largest absolute Gasteiger partial charge is 0.338 e. The standard InChI is InChI=1S/C29H25N7/c1-2-9-31-25(5-1)22-8-10-32-29-23(22)15-27(33-29)28-24-14-20(6-7-26(24)34-35-28)21-13-19(16-30-17-21)18-36-11-3-4-12-36/h1-2,5-10,13-17H,3-4,11-12,18H2,(H,32,33)(H,34,35). The van der Waals surface area contributed by atoms with Gasteiger partial charge in [-0.3, -0.25) is 20.0 Å². The zero-order valence-electron chi connectivity index (χ0n) is 19.8. The maximum atomic E-state index is 4.66. The van der Waals surface area contributed by atoms with E-state index in [2.05, 4.69) is 65.4 Å². The van der Waals surface area contributed by atoms with E-state index in [1.807, 2.05) is 49.1 Å². The molecular weight excluding hydrogens is 446 g/mol. The van der Waals surface area contributed by atoms with Crippen molar-refractivity contribution in [2.24, 2.45) is 0 Å². The van der Waals surface area contributed by atoms with Gasteiger partial charge in [-0.05, 0) is 79.5 Å². The molecule has 7 heteroatoms. The third kappa shape index (κ3) is 3.74. The summed E-state index contributed by atoms with van der Waals surface area (Å²) in [7, 11) is 0. The highest BCUT2D eigenvalue weighted by atomic mass is 15.1. The Morgan fingerprint density at radius 1 is 0.833 bits per heavy atom. The smallest absolute Gasteiger partial charge is 0.138 e. The number of benzene rings is 1. The van der Waals surface area contributed by atoms with Gasteiger partial charge in [0.15, 0.2) is 0 Å². The molecule has 2 N–H and O–H groups in total. The Kier molecular flexibility index (Phi) is 5.06.